The Morgan fingerprint density at radius 1 is 1.56 bits per heavy atom. The summed E-state index contributed by atoms with van der Waals surface area (Å²) in [6, 6.07) is 3.66. The number of nitrogens with zero attached hydrogens (tertiary/aromatic N) is 3. The standard InChI is InChI=1S/C12H18N4O2/c1-9-11(16(17)18)5-6-12(14-9)15(2)10-4-3-7-13-8-10/h5-6,10,13H,3-4,7-8H2,1-2H3. The van der Waals surface area contributed by atoms with Crippen LogP contribution in [0.3, 0.4) is 0 Å². The number of nitrogens with one attached hydrogen (secondary N) is 1. The Bertz CT molecular complexity index is 444. The SMILES string of the molecule is Cc1nc(N(C)C2CCCNC2)ccc1[N+](=O)[O-]. The third-order valence-corrected chi connectivity index (χ3v) is 3.42. The van der Waals surface area contributed by atoms with Gasteiger partial charge in [-0.2, -0.15) is 0 Å². The first kappa shape index (κ1) is 12.8. The molecule has 6 nitrogen and oxygen atoms in total. The lowest BCUT2D eigenvalue weighted by atomic mass is 10.1. The van der Waals surface area contributed by atoms with E-state index in [1.807, 2.05) is 7.05 Å². The zero-order valence-electron chi connectivity index (χ0n) is 10.7. The van der Waals surface area contributed by atoms with Gasteiger partial charge in [0.15, 0.2) is 0 Å². The fourth-order valence-corrected chi connectivity index (χ4v) is 2.28. The summed E-state index contributed by atoms with van der Waals surface area (Å²) in [4.78, 5) is 16.8. The largest absolute Gasteiger partial charge is 0.355 e. The van der Waals surface area contributed by atoms with Gasteiger partial charge in [-0.15, -0.1) is 0 Å². The van der Waals surface area contributed by atoms with E-state index in [0.717, 1.165) is 31.7 Å². The predicted octanol–water partition coefficient (Wildman–Crippen LogP) is 1.49. The number of piperidine rings is 1. The number of rotatable bonds is 3. The Kier molecular flexibility index (Phi) is 3.76. The Morgan fingerprint density at radius 3 is 2.89 bits per heavy atom. The Labute approximate surface area is 106 Å². The maximum Gasteiger partial charge on any atom is 0.290 e. The lowest BCUT2D eigenvalue weighted by Gasteiger charge is -2.32. The van der Waals surface area contributed by atoms with Crippen molar-refractivity contribution in [1.82, 2.24) is 10.3 Å². The molecule has 1 aromatic heterocycles. The van der Waals surface area contributed by atoms with E-state index in [1.54, 1.807) is 13.0 Å². The zero-order valence-corrected chi connectivity index (χ0v) is 10.7. The molecule has 0 spiro atoms. The van der Waals surface area contributed by atoms with Crippen LogP contribution >= 0.6 is 0 Å². The Balaban J connectivity index is 2.17. The summed E-state index contributed by atoms with van der Waals surface area (Å²) in [5.41, 5.74) is 0.544. The number of anilines is 1. The summed E-state index contributed by atoms with van der Waals surface area (Å²) >= 11 is 0. The van der Waals surface area contributed by atoms with Crippen LogP contribution in [0.5, 0.6) is 0 Å². The molecule has 18 heavy (non-hydrogen) atoms. The van der Waals surface area contributed by atoms with E-state index in [0.29, 0.717) is 11.7 Å². The number of hydrogen-bond acceptors (Lipinski definition) is 5. The molecule has 1 aliphatic rings. The number of hydrogen-bond donors (Lipinski definition) is 1. The minimum Gasteiger partial charge on any atom is -0.355 e. The molecule has 1 aliphatic heterocycles. The van der Waals surface area contributed by atoms with Crippen LogP contribution in [0.25, 0.3) is 0 Å². The highest BCUT2D eigenvalue weighted by atomic mass is 16.6. The third kappa shape index (κ3) is 2.59. The maximum absolute atomic E-state index is 10.7. The van der Waals surface area contributed by atoms with Gasteiger partial charge in [-0.1, -0.05) is 0 Å². The lowest BCUT2D eigenvalue weighted by Crippen LogP contribution is -2.44. The molecule has 0 aromatic carbocycles. The molecule has 0 amide bonds. The van der Waals surface area contributed by atoms with Crippen molar-refractivity contribution in [3.05, 3.63) is 27.9 Å². The molecule has 98 valence electrons. The highest BCUT2D eigenvalue weighted by molar-refractivity contribution is 5.47. The molecule has 1 N–H and O–H groups in total. The number of aromatic nitrogens is 1. The van der Waals surface area contributed by atoms with Crippen molar-refractivity contribution in [2.45, 2.75) is 25.8 Å². The van der Waals surface area contributed by atoms with Crippen molar-refractivity contribution in [2.24, 2.45) is 0 Å². The first-order chi connectivity index (χ1) is 8.59. The fraction of sp³-hybridized carbons (Fsp3) is 0.583. The van der Waals surface area contributed by atoms with Crippen molar-refractivity contribution >= 4 is 11.5 Å². The second-order valence-corrected chi connectivity index (χ2v) is 4.64. The topological polar surface area (TPSA) is 71.3 Å². The molecular weight excluding hydrogens is 232 g/mol. The van der Waals surface area contributed by atoms with Gasteiger partial charge in [-0.05, 0) is 32.4 Å². The van der Waals surface area contributed by atoms with Crippen molar-refractivity contribution < 1.29 is 4.92 Å². The summed E-state index contributed by atoms with van der Waals surface area (Å²) in [6.07, 6.45) is 2.28. The predicted molar refractivity (Wildman–Crippen MR) is 69.9 cm³/mol. The van der Waals surface area contributed by atoms with Crippen LogP contribution in [0.4, 0.5) is 11.5 Å². The van der Waals surface area contributed by atoms with Gasteiger partial charge in [0.1, 0.15) is 11.5 Å². The molecule has 0 radical (unpaired) electrons. The number of pyridine rings is 1. The van der Waals surface area contributed by atoms with E-state index < -0.39 is 4.92 Å². The van der Waals surface area contributed by atoms with Crippen LogP contribution in [0.15, 0.2) is 12.1 Å². The van der Waals surface area contributed by atoms with Gasteiger partial charge in [-0.25, -0.2) is 4.98 Å². The number of likely N-dealkylation sites (N-methyl/N-ethyl adjacent to an activating group) is 1. The third-order valence-electron chi connectivity index (χ3n) is 3.42. The van der Waals surface area contributed by atoms with Crippen LogP contribution in [0.1, 0.15) is 18.5 Å². The molecule has 0 aliphatic carbocycles. The average Bonchev–Trinajstić information content (AvgIpc) is 2.38. The minimum atomic E-state index is -0.395. The fourth-order valence-electron chi connectivity index (χ4n) is 2.28. The zero-order chi connectivity index (χ0) is 13.1. The van der Waals surface area contributed by atoms with Crippen LogP contribution in [0, 0.1) is 17.0 Å². The van der Waals surface area contributed by atoms with E-state index in [4.69, 9.17) is 0 Å². The van der Waals surface area contributed by atoms with Gasteiger partial charge in [-0.3, -0.25) is 10.1 Å². The summed E-state index contributed by atoms with van der Waals surface area (Å²) in [7, 11) is 1.99. The van der Waals surface area contributed by atoms with E-state index in [-0.39, 0.29) is 5.69 Å². The molecular formula is C12H18N4O2. The molecule has 2 heterocycles. The van der Waals surface area contributed by atoms with E-state index in [9.17, 15) is 10.1 Å². The van der Waals surface area contributed by atoms with Crippen LogP contribution < -0.4 is 10.2 Å². The van der Waals surface area contributed by atoms with Crippen molar-refractivity contribution in [3.8, 4) is 0 Å². The summed E-state index contributed by atoms with van der Waals surface area (Å²) < 4.78 is 0. The quantitative estimate of drug-likeness (QED) is 0.650. The first-order valence-electron chi connectivity index (χ1n) is 6.15. The van der Waals surface area contributed by atoms with Crippen LogP contribution in [0.2, 0.25) is 0 Å². The summed E-state index contributed by atoms with van der Waals surface area (Å²) in [5, 5.41) is 14.1. The molecule has 1 unspecified atom stereocenters. The molecule has 1 atom stereocenters. The van der Waals surface area contributed by atoms with Gasteiger partial charge in [0.25, 0.3) is 5.69 Å². The van der Waals surface area contributed by atoms with Gasteiger partial charge < -0.3 is 10.2 Å². The second-order valence-electron chi connectivity index (χ2n) is 4.64. The highest BCUT2D eigenvalue weighted by Gasteiger charge is 2.20. The monoisotopic (exact) mass is 250 g/mol. The Morgan fingerprint density at radius 2 is 2.33 bits per heavy atom. The molecule has 1 fully saturated rings. The van der Waals surface area contributed by atoms with E-state index >= 15 is 0 Å². The Hall–Kier alpha value is -1.69. The molecule has 1 saturated heterocycles. The summed E-state index contributed by atoms with van der Waals surface area (Å²) in [5.74, 6) is 0.798. The maximum atomic E-state index is 10.7. The van der Waals surface area contributed by atoms with Gasteiger partial charge in [0, 0.05) is 25.7 Å². The normalized spacial score (nSPS) is 19.6. The van der Waals surface area contributed by atoms with E-state index in [1.165, 1.54) is 6.07 Å². The minimum absolute atomic E-state index is 0.0777. The second kappa shape index (κ2) is 5.30. The molecule has 0 bridgehead atoms. The van der Waals surface area contributed by atoms with Crippen molar-refractivity contribution in [3.63, 3.8) is 0 Å². The first-order valence-corrected chi connectivity index (χ1v) is 6.15. The molecule has 0 saturated carbocycles. The number of aryl methyl sites for hydroxylation is 1. The molecule has 2 rings (SSSR count). The number of nitro groups is 1. The van der Waals surface area contributed by atoms with Gasteiger partial charge >= 0.3 is 0 Å². The van der Waals surface area contributed by atoms with Crippen molar-refractivity contribution in [2.75, 3.05) is 25.0 Å². The highest BCUT2D eigenvalue weighted by Crippen LogP contribution is 2.22. The van der Waals surface area contributed by atoms with Crippen LogP contribution in [-0.2, 0) is 0 Å². The van der Waals surface area contributed by atoms with Crippen molar-refractivity contribution in [1.29, 1.82) is 0 Å². The molecule has 1 aromatic rings. The van der Waals surface area contributed by atoms with Gasteiger partial charge in [0.2, 0.25) is 0 Å². The smallest absolute Gasteiger partial charge is 0.290 e. The van der Waals surface area contributed by atoms with E-state index in [2.05, 4.69) is 15.2 Å². The van der Waals surface area contributed by atoms with Crippen LogP contribution in [-0.4, -0.2) is 36.1 Å². The molecule has 6 heteroatoms. The average molecular weight is 250 g/mol. The lowest BCUT2D eigenvalue weighted by molar-refractivity contribution is -0.385. The van der Waals surface area contributed by atoms with Gasteiger partial charge in [0.05, 0.1) is 4.92 Å². The summed E-state index contributed by atoms with van der Waals surface area (Å²) in [6.45, 7) is 3.68.